The number of piperazine rings is 1. The van der Waals surface area contributed by atoms with Gasteiger partial charge in [0.2, 0.25) is 0 Å². The molecule has 2 aromatic carbocycles. The fourth-order valence-corrected chi connectivity index (χ4v) is 3.54. The third kappa shape index (κ3) is 5.41. The van der Waals surface area contributed by atoms with Crippen molar-refractivity contribution in [3.8, 4) is 0 Å². The molecule has 0 unspecified atom stereocenters. The number of carbonyl (C=O) groups is 1. The standard InChI is InChI=1S/C20H22ClFN4OS/c1-14-6-7-15(12-17(14)22)23-20(28)26-10-8-25(9-11-26)13-19(27)24-18-5-3-2-4-16(18)21/h2-7,12H,8-11,13H2,1H3,(H,23,28)(H,24,27)/p+1. The van der Waals surface area contributed by atoms with Crippen molar-refractivity contribution in [2.24, 2.45) is 0 Å². The van der Waals surface area contributed by atoms with Gasteiger partial charge in [-0.2, -0.15) is 0 Å². The molecule has 0 radical (unpaired) electrons. The lowest BCUT2D eigenvalue weighted by atomic mass is 10.2. The first-order valence-electron chi connectivity index (χ1n) is 9.12. The Morgan fingerprint density at radius 1 is 1.21 bits per heavy atom. The summed E-state index contributed by atoms with van der Waals surface area (Å²) in [6, 6.07) is 12.2. The van der Waals surface area contributed by atoms with E-state index >= 15 is 0 Å². The number of aryl methyl sites for hydroxylation is 1. The van der Waals surface area contributed by atoms with Gasteiger partial charge in [-0.15, -0.1) is 0 Å². The molecule has 3 rings (SSSR count). The minimum absolute atomic E-state index is 0.0626. The second kappa shape index (κ2) is 9.32. The number of benzene rings is 2. The number of carbonyl (C=O) groups excluding carboxylic acids is 1. The fourth-order valence-electron chi connectivity index (χ4n) is 3.06. The molecule has 8 heteroatoms. The van der Waals surface area contributed by atoms with Gasteiger partial charge in [0.1, 0.15) is 5.82 Å². The Balaban J connectivity index is 1.46. The van der Waals surface area contributed by atoms with Crippen LogP contribution in [0.2, 0.25) is 5.02 Å². The van der Waals surface area contributed by atoms with Gasteiger partial charge in [-0.05, 0) is 49.0 Å². The van der Waals surface area contributed by atoms with Crippen molar-refractivity contribution in [3.05, 3.63) is 58.9 Å². The van der Waals surface area contributed by atoms with Gasteiger partial charge in [0, 0.05) is 5.69 Å². The number of anilines is 2. The van der Waals surface area contributed by atoms with Crippen LogP contribution < -0.4 is 15.5 Å². The third-order valence-electron chi connectivity index (χ3n) is 4.74. The van der Waals surface area contributed by atoms with Crippen molar-refractivity contribution < 1.29 is 14.1 Å². The number of amides is 1. The maximum Gasteiger partial charge on any atom is 0.279 e. The van der Waals surface area contributed by atoms with E-state index in [1.807, 2.05) is 23.1 Å². The van der Waals surface area contributed by atoms with E-state index in [-0.39, 0.29) is 11.7 Å². The Morgan fingerprint density at radius 2 is 1.93 bits per heavy atom. The average molecular weight is 422 g/mol. The highest BCUT2D eigenvalue weighted by atomic mass is 35.5. The Morgan fingerprint density at radius 3 is 2.61 bits per heavy atom. The van der Waals surface area contributed by atoms with Crippen LogP contribution in [0.4, 0.5) is 15.8 Å². The molecule has 1 aliphatic rings. The number of rotatable bonds is 4. The van der Waals surface area contributed by atoms with Gasteiger partial charge in [-0.3, -0.25) is 4.79 Å². The number of thiocarbonyl (C=S) groups is 1. The van der Waals surface area contributed by atoms with Gasteiger partial charge >= 0.3 is 0 Å². The fraction of sp³-hybridized carbons (Fsp3) is 0.300. The van der Waals surface area contributed by atoms with Crippen LogP contribution in [0.25, 0.3) is 0 Å². The van der Waals surface area contributed by atoms with E-state index in [0.717, 1.165) is 26.2 Å². The van der Waals surface area contributed by atoms with Crippen molar-refractivity contribution in [1.82, 2.24) is 4.90 Å². The second-order valence-corrected chi connectivity index (χ2v) is 7.63. The lowest BCUT2D eigenvalue weighted by Gasteiger charge is -2.33. The predicted molar refractivity (Wildman–Crippen MR) is 115 cm³/mol. The number of halogens is 2. The van der Waals surface area contributed by atoms with Crippen LogP contribution in [0.1, 0.15) is 5.56 Å². The minimum Gasteiger partial charge on any atom is -0.338 e. The van der Waals surface area contributed by atoms with Crippen molar-refractivity contribution >= 4 is 46.2 Å². The van der Waals surface area contributed by atoms with Gasteiger partial charge in [0.25, 0.3) is 5.91 Å². The first kappa shape index (κ1) is 20.5. The highest BCUT2D eigenvalue weighted by Crippen LogP contribution is 2.20. The van der Waals surface area contributed by atoms with Crippen LogP contribution in [0, 0.1) is 12.7 Å². The maximum absolute atomic E-state index is 13.7. The minimum atomic E-state index is -0.258. The van der Waals surface area contributed by atoms with Crippen LogP contribution in [0.3, 0.4) is 0 Å². The Kier molecular flexibility index (Phi) is 6.83. The molecular formula is C20H23ClFN4OS+. The van der Waals surface area contributed by atoms with Crippen molar-refractivity contribution in [2.75, 3.05) is 43.4 Å². The maximum atomic E-state index is 13.7. The monoisotopic (exact) mass is 421 g/mol. The molecule has 1 fully saturated rings. The molecule has 0 bridgehead atoms. The summed E-state index contributed by atoms with van der Waals surface area (Å²) in [6.07, 6.45) is 0. The van der Waals surface area contributed by atoms with E-state index in [2.05, 4.69) is 10.6 Å². The summed E-state index contributed by atoms with van der Waals surface area (Å²) in [7, 11) is 0. The lowest BCUT2D eigenvalue weighted by Crippen LogP contribution is -3.15. The topological polar surface area (TPSA) is 48.8 Å². The van der Waals surface area contributed by atoms with Crippen molar-refractivity contribution in [2.45, 2.75) is 6.92 Å². The molecule has 28 heavy (non-hydrogen) atoms. The normalized spacial score (nSPS) is 14.6. The summed E-state index contributed by atoms with van der Waals surface area (Å²) >= 11 is 11.5. The van der Waals surface area contributed by atoms with Crippen molar-refractivity contribution in [1.29, 1.82) is 0 Å². The average Bonchev–Trinajstić information content (AvgIpc) is 2.67. The molecule has 0 atom stereocenters. The number of hydrogen-bond acceptors (Lipinski definition) is 2. The molecule has 0 saturated carbocycles. The Hall–Kier alpha value is -2.22. The Bertz CT molecular complexity index is 871. The van der Waals surface area contributed by atoms with Gasteiger partial charge in [-0.25, -0.2) is 4.39 Å². The summed E-state index contributed by atoms with van der Waals surface area (Å²) in [5, 5.41) is 7.04. The smallest absolute Gasteiger partial charge is 0.279 e. The summed E-state index contributed by atoms with van der Waals surface area (Å²) in [4.78, 5) is 15.5. The number of nitrogens with zero attached hydrogens (tertiary/aromatic N) is 1. The predicted octanol–water partition coefficient (Wildman–Crippen LogP) is 2.32. The zero-order valence-corrected chi connectivity index (χ0v) is 17.2. The molecule has 1 saturated heterocycles. The van der Waals surface area contributed by atoms with Gasteiger partial charge in [0.05, 0.1) is 36.9 Å². The summed E-state index contributed by atoms with van der Waals surface area (Å²) < 4.78 is 13.7. The zero-order chi connectivity index (χ0) is 20.1. The van der Waals surface area contributed by atoms with E-state index in [0.29, 0.717) is 33.6 Å². The largest absolute Gasteiger partial charge is 0.338 e. The van der Waals surface area contributed by atoms with E-state index in [1.165, 1.54) is 11.0 Å². The van der Waals surface area contributed by atoms with Gasteiger partial charge < -0.3 is 20.4 Å². The molecule has 5 nitrogen and oxygen atoms in total. The van der Waals surface area contributed by atoms with Crippen molar-refractivity contribution in [3.63, 3.8) is 0 Å². The van der Waals surface area contributed by atoms with Crippen LogP contribution in [-0.2, 0) is 4.79 Å². The highest BCUT2D eigenvalue weighted by Gasteiger charge is 2.24. The summed E-state index contributed by atoms with van der Waals surface area (Å²) in [6.45, 7) is 5.15. The molecule has 2 aromatic rings. The number of para-hydroxylation sites is 1. The molecule has 0 aliphatic carbocycles. The van der Waals surface area contributed by atoms with Crippen LogP contribution in [0.15, 0.2) is 42.5 Å². The van der Waals surface area contributed by atoms with E-state index in [9.17, 15) is 9.18 Å². The SMILES string of the molecule is Cc1ccc(NC(=S)N2CC[NH+](CC(=O)Nc3ccccc3Cl)CC2)cc1F. The number of quaternary nitrogens is 1. The highest BCUT2D eigenvalue weighted by molar-refractivity contribution is 7.80. The Labute approximate surface area is 174 Å². The van der Waals surface area contributed by atoms with E-state index in [1.54, 1.807) is 25.1 Å². The van der Waals surface area contributed by atoms with E-state index < -0.39 is 0 Å². The molecule has 148 valence electrons. The van der Waals surface area contributed by atoms with Crippen LogP contribution in [0.5, 0.6) is 0 Å². The molecule has 1 aliphatic heterocycles. The lowest BCUT2D eigenvalue weighted by molar-refractivity contribution is -0.895. The first-order valence-corrected chi connectivity index (χ1v) is 9.91. The van der Waals surface area contributed by atoms with Gasteiger partial charge in [0.15, 0.2) is 11.7 Å². The molecule has 1 amide bonds. The molecule has 3 N–H and O–H groups in total. The van der Waals surface area contributed by atoms with Crippen LogP contribution >= 0.6 is 23.8 Å². The van der Waals surface area contributed by atoms with Crippen LogP contribution in [-0.4, -0.2) is 48.6 Å². The van der Waals surface area contributed by atoms with E-state index in [4.69, 9.17) is 23.8 Å². The zero-order valence-electron chi connectivity index (χ0n) is 15.6. The summed E-state index contributed by atoms with van der Waals surface area (Å²) in [5.41, 5.74) is 1.87. The van der Waals surface area contributed by atoms with Gasteiger partial charge in [-0.1, -0.05) is 29.8 Å². The first-order chi connectivity index (χ1) is 13.4. The number of nitrogens with one attached hydrogen (secondary N) is 3. The molecular weight excluding hydrogens is 399 g/mol. The molecule has 0 aromatic heterocycles. The molecule has 0 spiro atoms. The molecule has 1 heterocycles. The summed E-state index contributed by atoms with van der Waals surface area (Å²) in [5.74, 6) is -0.320. The third-order valence-corrected chi connectivity index (χ3v) is 5.43. The number of hydrogen-bond donors (Lipinski definition) is 3. The quantitative estimate of drug-likeness (QED) is 0.663. The second-order valence-electron chi connectivity index (χ2n) is 6.84.